The Bertz CT molecular complexity index is 1080. The minimum absolute atomic E-state index is 0.152. The first-order valence-electron chi connectivity index (χ1n) is 8.72. The zero-order valence-electron chi connectivity index (χ0n) is 15.2. The molecule has 3 heterocycles. The van der Waals surface area contributed by atoms with Crippen LogP contribution in [0.1, 0.15) is 16.1 Å². The maximum atomic E-state index is 14.8. The predicted molar refractivity (Wildman–Crippen MR) is 110 cm³/mol. The Kier molecular flexibility index (Phi) is 5.05. The maximum absolute atomic E-state index is 14.8. The Hall–Kier alpha value is -3.22. The summed E-state index contributed by atoms with van der Waals surface area (Å²) in [6.07, 6.45) is 3.23. The lowest BCUT2D eigenvalue weighted by molar-refractivity contribution is 0.102. The van der Waals surface area contributed by atoms with E-state index < -0.39 is 17.3 Å². The summed E-state index contributed by atoms with van der Waals surface area (Å²) in [6.45, 7) is 7.56. The quantitative estimate of drug-likeness (QED) is 0.600. The molecule has 0 bridgehead atoms. The molecule has 2 aliphatic heterocycles. The maximum Gasteiger partial charge on any atom is 0.274 e. The van der Waals surface area contributed by atoms with Gasteiger partial charge in [0.05, 0.1) is 19.8 Å². The number of nitrogens with two attached hydrogens (primary N) is 1. The fourth-order valence-electron chi connectivity index (χ4n) is 3.29. The van der Waals surface area contributed by atoms with Gasteiger partial charge >= 0.3 is 0 Å². The van der Waals surface area contributed by atoms with Gasteiger partial charge in [-0.15, -0.1) is 0 Å². The topological polar surface area (TPSA) is 94.0 Å². The van der Waals surface area contributed by atoms with E-state index in [4.69, 9.17) is 17.0 Å². The number of aromatic nitrogens is 1. The Labute approximate surface area is 170 Å². The number of ether oxygens (including phenoxy) is 1. The largest absolute Gasteiger partial charge is 0.378 e. The zero-order valence-corrected chi connectivity index (χ0v) is 16.0. The number of carbonyl (C=O) groups is 1. The van der Waals surface area contributed by atoms with Gasteiger partial charge in [-0.3, -0.25) is 9.78 Å². The minimum atomic E-state index is -1.03. The summed E-state index contributed by atoms with van der Waals surface area (Å²) in [4.78, 5) is 24.2. The molecule has 4 rings (SSSR count). The highest BCUT2D eigenvalue weighted by Crippen LogP contribution is 2.43. The lowest BCUT2D eigenvalue weighted by atomic mass is 9.82. The summed E-state index contributed by atoms with van der Waals surface area (Å²) in [5, 5.41) is 3.08. The Morgan fingerprint density at radius 2 is 2.24 bits per heavy atom. The number of amidine groups is 1. The van der Waals surface area contributed by atoms with Gasteiger partial charge in [0, 0.05) is 23.2 Å². The molecule has 0 spiro atoms. The number of pyridine rings is 1. The molecule has 3 N–H and O–H groups in total. The molecule has 29 heavy (non-hydrogen) atoms. The van der Waals surface area contributed by atoms with Crippen LogP contribution in [0.25, 0.3) is 4.85 Å². The van der Waals surface area contributed by atoms with Gasteiger partial charge in [-0.25, -0.2) is 14.2 Å². The van der Waals surface area contributed by atoms with E-state index in [9.17, 15) is 9.18 Å². The number of benzene rings is 1. The second-order valence-electron chi connectivity index (χ2n) is 6.51. The molecule has 2 aromatic rings. The number of nitrogens with one attached hydrogen (secondary N) is 1. The van der Waals surface area contributed by atoms with Crippen molar-refractivity contribution in [2.24, 2.45) is 10.7 Å². The van der Waals surface area contributed by atoms with Crippen molar-refractivity contribution < 1.29 is 13.9 Å². The summed E-state index contributed by atoms with van der Waals surface area (Å²) < 4.78 is 20.4. The SMILES string of the molecule is [C-]#[N+]c1ccc(C(=O)Nc2ccc(F)c([C@]34COCC=C3CSC(N)=N4)c2)nc1. The molecule has 0 unspecified atom stereocenters. The van der Waals surface area contributed by atoms with Crippen molar-refractivity contribution in [3.8, 4) is 0 Å². The number of halogens is 1. The second kappa shape index (κ2) is 7.66. The third kappa shape index (κ3) is 3.60. The van der Waals surface area contributed by atoms with Gasteiger partial charge < -0.3 is 15.8 Å². The molecule has 0 fully saturated rings. The summed E-state index contributed by atoms with van der Waals surface area (Å²) in [5.74, 6) is -0.316. The molecule has 1 aromatic heterocycles. The lowest BCUT2D eigenvalue weighted by Gasteiger charge is -2.38. The zero-order chi connectivity index (χ0) is 20.4. The third-order valence-corrected chi connectivity index (χ3v) is 5.59. The molecule has 2 aliphatic rings. The third-order valence-electron chi connectivity index (χ3n) is 4.75. The van der Waals surface area contributed by atoms with Crippen LogP contribution in [-0.4, -0.2) is 35.0 Å². The predicted octanol–water partition coefficient (Wildman–Crippen LogP) is 3.24. The van der Waals surface area contributed by atoms with E-state index in [0.717, 1.165) is 5.57 Å². The number of rotatable bonds is 3. The fraction of sp³-hybridized carbons (Fsp3) is 0.200. The van der Waals surface area contributed by atoms with E-state index in [2.05, 4.69) is 20.1 Å². The highest BCUT2D eigenvalue weighted by Gasteiger charge is 2.43. The van der Waals surface area contributed by atoms with Crippen molar-refractivity contribution in [3.05, 3.63) is 76.7 Å². The van der Waals surface area contributed by atoms with Gasteiger partial charge in [-0.1, -0.05) is 23.9 Å². The Morgan fingerprint density at radius 1 is 1.38 bits per heavy atom. The summed E-state index contributed by atoms with van der Waals surface area (Å²) >= 11 is 1.40. The van der Waals surface area contributed by atoms with Crippen molar-refractivity contribution in [3.63, 3.8) is 0 Å². The molecule has 1 amide bonds. The van der Waals surface area contributed by atoms with Crippen LogP contribution >= 0.6 is 11.8 Å². The van der Waals surface area contributed by atoms with Crippen LogP contribution in [0, 0.1) is 12.4 Å². The van der Waals surface area contributed by atoms with E-state index in [-0.39, 0.29) is 12.3 Å². The normalized spacial score (nSPS) is 20.7. The van der Waals surface area contributed by atoms with Gasteiger partial charge in [0.1, 0.15) is 17.1 Å². The summed E-state index contributed by atoms with van der Waals surface area (Å²) in [5.41, 5.74) is 7.02. The van der Waals surface area contributed by atoms with Gasteiger partial charge in [0.25, 0.3) is 5.91 Å². The average molecular weight is 409 g/mol. The second-order valence-corrected chi connectivity index (χ2v) is 7.50. The van der Waals surface area contributed by atoms with Crippen LogP contribution in [0.3, 0.4) is 0 Å². The van der Waals surface area contributed by atoms with Gasteiger partial charge in [-0.2, -0.15) is 0 Å². The lowest BCUT2D eigenvalue weighted by Crippen LogP contribution is -2.41. The molecular formula is C20H16FN5O2S. The molecule has 0 saturated carbocycles. The van der Waals surface area contributed by atoms with Crippen LogP contribution in [0.15, 0.2) is 53.2 Å². The molecule has 146 valence electrons. The van der Waals surface area contributed by atoms with Crippen LogP contribution in [0.5, 0.6) is 0 Å². The first-order valence-corrected chi connectivity index (χ1v) is 9.71. The van der Waals surface area contributed by atoms with Crippen LogP contribution in [-0.2, 0) is 10.3 Å². The molecular weight excluding hydrogens is 393 g/mol. The minimum Gasteiger partial charge on any atom is -0.378 e. The molecule has 9 heteroatoms. The van der Waals surface area contributed by atoms with Gasteiger partial charge in [-0.05, 0) is 29.8 Å². The number of carbonyl (C=O) groups excluding carboxylic acids is 1. The van der Waals surface area contributed by atoms with Crippen LogP contribution in [0.2, 0.25) is 0 Å². The van der Waals surface area contributed by atoms with E-state index in [1.165, 1.54) is 42.2 Å². The number of fused-ring (bicyclic) bond motifs is 1. The van der Waals surface area contributed by atoms with Crippen molar-refractivity contribution in [1.29, 1.82) is 0 Å². The van der Waals surface area contributed by atoms with E-state index in [0.29, 0.717) is 34.5 Å². The van der Waals surface area contributed by atoms with Crippen molar-refractivity contribution in [2.75, 3.05) is 24.3 Å². The summed E-state index contributed by atoms with van der Waals surface area (Å²) in [6, 6.07) is 7.28. The fourth-order valence-corrected chi connectivity index (χ4v) is 4.18. The first-order chi connectivity index (χ1) is 14.0. The number of hydrogen-bond donors (Lipinski definition) is 2. The smallest absolute Gasteiger partial charge is 0.274 e. The van der Waals surface area contributed by atoms with E-state index >= 15 is 0 Å². The molecule has 0 aliphatic carbocycles. The Balaban J connectivity index is 1.68. The van der Waals surface area contributed by atoms with Crippen LogP contribution in [0.4, 0.5) is 15.8 Å². The van der Waals surface area contributed by atoms with Crippen LogP contribution < -0.4 is 11.1 Å². The molecule has 0 saturated heterocycles. The molecule has 1 atom stereocenters. The van der Waals surface area contributed by atoms with Crippen molar-refractivity contribution in [2.45, 2.75) is 5.54 Å². The Morgan fingerprint density at radius 3 is 3.00 bits per heavy atom. The molecule has 1 aromatic carbocycles. The average Bonchev–Trinajstić information content (AvgIpc) is 2.74. The van der Waals surface area contributed by atoms with E-state index in [1.807, 2.05) is 6.08 Å². The standard InChI is InChI=1S/C20H16FN5O2S/c1-23-14-3-5-17(24-9-14)18(27)25-13-2-4-16(21)15(8-13)20-11-28-7-6-12(20)10-29-19(22)26-20/h2-6,8-9H,7,10-11H2,(H2,22,26)(H,25,27)/t20-/m0/s1. The highest BCUT2D eigenvalue weighted by atomic mass is 32.2. The van der Waals surface area contributed by atoms with E-state index in [1.54, 1.807) is 6.07 Å². The number of amides is 1. The van der Waals surface area contributed by atoms with Gasteiger partial charge in [0.2, 0.25) is 5.69 Å². The summed E-state index contributed by atoms with van der Waals surface area (Å²) in [7, 11) is 0. The first kappa shape index (κ1) is 19.1. The number of thioether (sulfide) groups is 1. The number of aliphatic imine (C=N–C) groups is 1. The number of anilines is 1. The monoisotopic (exact) mass is 409 g/mol. The molecule has 0 radical (unpaired) electrons. The van der Waals surface area contributed by atoms with Gasteiger partial charge in [0.15, 0.2) is 5.17 Å². The number of nitrogens with zero attached hydrogens (tertiary/aromatic N) is 3. The van der Waals surface area contributed by atoms with Crippen molar-refractivity contribution >= 4 is 34.2 Å². The van der Waals surface area contributed by atoms with Crippen molar-refractivity contribution in [1.82, 2.24) is 4.98 Å². The number of hydrogen-bond acceptors (Lipinski definition) is 6. The molecule has 7 nitrogen and oxygen atoms in total. The highest BCUT2D eigenvalue weighted by molar-refractivity contribution is 8.14.